The molecule has 0 aliphatic rings. The summed E-state index contributed by atoms with van der Waals surface area (Å²) in [6.07, 6.45) is -0.0679. The van der Waals surface area contributed by atoms with E-state index in [4.69, 9.17) is 0 Å². The summed E-state index contributed by atoms with van der Waals surface area (Å²) in [6.45, 7) is 0. The van der Waals surface area contributed by atoms with E-state index in [1.54, 1.807) is 48.9 Å². The average molecular weight is 478 g/mol. The maximum atomic E-state index is 12.8. The molecule has 0 unspecified atom stereocenters. The second-order valence-electron chi connectivity index (χ2n) is 6.27. The minimum absolute atomic E-state index is 0.0769. The lowest BCUT2D eigenvalue weighted by Crippen LogP contribution is -2.17. The number of ether oxygens (including phenoxy) is 1. The third-order valence-electron chi connectivity index (χ3n) is 4.07. The Morgan fingerprint density at radius 1 is 0.938 bits per heavy atom. The molecule has 7 nitrogen and oxygen atoms in total. The Morgan fingerprint density at radius 2 is 1.66 bits per heavy atom. The number of rotatable bonds is 6. The highest BCUT2D eigenvalue weighted by atomic mass is 32.2. The van der Waals surface area contributed by atoms with Gasteiger partial charge in [-0.05, 0) is 54.1 Å². The molecule has 1 aromatic carbocycles. The van der Waals surface area contributed by atoms with Crippen LogP contribution < -0.4 is 9.46 Å². The summed E-state index contributed by atoms with van der Waals surface area (Å²) in [6, 6.07) is 12.7. The minimum atomic E-state index is -4.87. The van der Waals surface area contributed by atoms with E-state index in [9.17, 15) is 21.6 Å². The highest BCUT2D eigenvalue weighted by Gasteiger charge is 2.31. The van der Waals surface area contributed by atoms with Crippen LogP contribution in [-0.4, -0.2) is 29.7 Å². The predicted molar refractivity (Wildman–Crippen MR) is 113 cm³/mol. The number of nitrogens with zero attached hydrogens (tertiary/aromatic N) is 3. The smallest absolute Gasteiger partial charge is 0.406 e. The van der Waals surface area contributed by atoms with Gasteiger partial charge in [-0.25, -0.2) is 13.4 Å². The molecule has 12 heteroatoms. The molecular weight excluding hydrogens is 465 g/mol. The third kappa shape index (κ3) is 5.03. The van der Waals surface area contributed by atoms with Crippen molar-refractivity contribution < 1.29 is 26.3 Å². The van der Waals surface area contributed by atoms with Crippen molar-refractivity contribution in [1.82, 2.24) is 15.0 Å². The van der Waals surface area contributed by atoms with E-state index in [1.807, 2.05) is 0 Å². The van der Waals surface area contributed by atoms with Gasteiger partial charge in [-0.2, -0.15) is 0 Å². The van der Waals surface area contributed by atoms with Crippen LogP contribution in [0.2, 0.25) is 0 Å². The number of halogens is 3. The molecule has 4 aromatic rings. The van der Waals surface area contributed by atoms with Gasteiger partial charge in [0.1, 0.15) is 11.4 Å². The molecule has 32 heavy (non-hydrogen) atoms. The lowest BCUT2D eigenvalue weighted by molar-refractivity contribution is -0.274. The first-order valence-electron chi connectivity index (χ1n) is 8.92. The Labute approximate surface area is 184 Å². The number of nitrogens with one attached hydrogen (secondary N) is 1. The number of thiazole rings is 1. The number of anilines is 1. The van der Waals surface area contributed by atoms with Gasteiger partial charge in [0.15, 0.2) is 5.13 Å². The number of sulfonamides is 1. The molecule has 0 spiro atoms. The van der Waals surface area contributed by atoms with Crippen LogP contribution in [0.15, 0.2) is 78.1 Å². The second-order valence-corrected chi connectivity index (χ2v) is 8.95. The average Bonchev–Trinajstić information content (AvgIpc) is 3.17. The fourth-order valence-corrected chi connectivity index (χ4v) is 4.95. The van der Waals surface area contributed by atoms with E-state index in [1.165, 1.54) is 0 Å². The Hall–Kier alpha value is -3.51. The standard InChI is InChI=1S/C20H13F3N4O3S2/c21-20(22,23)30-14-4-6-15(7-5-14)32(28,29)27-19-26-17(16-3-1-2-10-25-16)18(31-19)13-8-11-24-12-9-13/h1-12H,(H,26,27). The van der Waals surface area contributed by atoms with Gasteiger partial charge >= 0.3 is 6.36 Å². The molecule has 0 saturated carbocycles. The quantitative estimate of drug-likeness (QED) is 0.421. The van der Waals surface area contributed by atoms with Crippen LogP contribution in [0.4, 0.5) is 18.3 Å². The van der Waals surface area contributed by atoms with Gasteiger partial charge in [0.2, 0.25) is 0 Å². The summed E-state index contributed by atoms with van der Waals surface area (Å²) in [5.74, 6) is -0.525. The molecule has 1 N–H and O–H groups in total. The highest BCUT2D eigenvalue weighted by Crippen LogP contribution is 2.38. The van der Waals surface area contributed by atoms with Gasteiger partial charge in [-0.1, -0.05) is 17.4 Å². The number of aromatic nitrogens is 3. The Balaban J connectivity index is 1.66. The summed E-state index contributed by atoms with van der Waals surface area (Å²) in [5.41, 5.74) is 1.81. The van der Waals surface area contributed by atoms with E-state index >= 15 is 0 Å². The van der Waals surface area contributed by atoms with Gasteiger partial charge < -0.3 is 4.74 Å². The first-order chi connectivity index (χ1) is 15.2. The van der Waals surface area contributed by atoms with Gasteiger partial charge in [-0.15, -0.1) is 13.2 Å². The van der Waals surface area contributed by atoms with Crippen LogP contribution in [0.5, 0.6) is 5.75 Å². The molecule has 0 atom stereocenters. The topological polar surface area (TPSA) is 94.1 Å². The molecule has 0 aliphatic heterocycles. The maximum absolute atomic E-state index is 12.8. The number of benzene rings is 1. The fraction of sp³-hybridized carbons (Fsp3) is 0.0500. The van der Waals surface area contributed by atoms with E-state index < -0.39 is 22.1 Å². The monoisotopic (exact) mass is 478 g/mol. The van der Waals surface area contributed by atoms with E-state index in [-0.39, 0.29) is 10.0 Å². The van der Waals surface area contributed by atoms with Crippen molar-refractivity contribution in [2.75, 3.05) is 4.72 Å². The zero-order valence-electron chi connectivity index (χ0n) is 15.9. The van der Waals surface area contributed by atoms with Crippen molar-refractivity contribution in [3.05, 3.63) is 73.2 Å². The fourth-order valence-electron chi connectivity index (χ4n) is 2.73. The van der Waals surface area contributed by atoms with E-state index in [0.29, 0.717) is 16.3 Å². The van der Waals surface area contributed by atoms with Crippen molar-refractivity contribution >= 4 is 26.5 Å². The summed E-state index contributed by atoms with van der Waals surface area (Å²) in [7, 11) is -4.11. The first kappa shape index (κ1) is 21.7. The van der Waals surface area contributed by atoms with Crippen molar-refractivity contribution in [3.63, 3.8) is 0 Å². The van der Waals surface area contributed by atoms with Gasteiger partial charge in [0.25, 0.3) is 10.0 Å². The molecule has 0 bridgehead atoms. The lowest BCUT2D eigenvalue weighted by atomic mass is 10.1. The molecule has 3 heterocycles. The Morgan fingerprint density at radius 3 is 2.28 bits per heavy atom. The number of hydrogen-bond donors (Lipinski definition) is 1. The number of pyridine rings is 2. The minimum Gasteiger partial charge on any atom is -0.406 e. The van der Waals surface area contributed by atoms with Gasteiger partial charge in [-0.3, -0.25) is 14.7 Å². The molecular formula is C20H13F3N4O3S2. The zero-order valence-corrected chi connectivity index (χ0v) is 17.6. The van der Waals surface area contributed by atoms with Crippen molar-refractivity contribution in [3.8, 4) is 27.6 Å². The highest BCUT2D eigenvalue weighted by molar-refractivity contribution is 7.93. The predicted octanol–water partition coefficient (Wildman–Crippen LogP) is 4.97. The molecule has 0 radical (unpaired) electrons. The molecule has 164 valence electrons. The van der Waals surface area contributed by atoms with Gasteiger partial charge in [0.05, 0.1) is 15.5 Å². The van der Waals surface area contributed by atoms with E-state index in [0.717, 1.165) is 41.2 Å². The molecule has 0 saturated heterocycles. The van der Waals surface area contributed by atoms with Crippen molar-refractivity contribution in [2.45, 2.75) is 11.3 Å². The van der Waals surface area contributed by atoms with Crippen LogP contribution in [0, 0.1) is 0 Å². The van der Waals surface area contributed by atoms with E-state index in [2.05, 4.69) is 24.4 Å². The summed E-state index contributed by atoms with van der Waals surface area (Å²) >= 11 is 1.10. The molecule has 3 aromatic heterocycles. The third-order valence-corrected chi connectivity index (χ3v) is 6.57. The zero-order chi connectivity index (χ0) is 22.8. The van der Waals surface area contributed by atoms with Crippen molar-refractivity contribution in [1.29, 1.82) is 0 Å². The normalized spacial score (nSPS) is 11.8. The molecule has 0 fully saturated rings. The summed E-state index contributed by atoms with van der Waals surface area (Å²) in [5, 5.41) is 0.0769. The SMILES string of the molecule is O=S(=O)(Nc1nc(-c2ccccn2)c(-c2ccncc2)s1)c1ccc(OC(F)(F)F)cc1. The lowest BCUT2D eigenvalue weighted by Gasteiger charge is -2.09. The Bertz CT molecular complexity index is 1250. The molecule has 4 rings (SSSR count). The van der Waals surface area contributed by atoms with Crippen LogP contribution >= 0.6 is 11.3 Å². The maximum Gasteiger partial charge on any atom is 0.573 e. The Kier molecular flexibility index (Phi) is 5.80. The summed E-state index contributed by atoms with van der Waals surface area (Å²) < 4.78 is 68.6. The largest absolute Gasteiger partial charge is 0.573 e. The second kappa shape index (κ2) is 8.55. The van der Waals surface area contributed by atoms with Crippen LogP contribution in [0.3, 0.4) is 0 Å². The van der Waals surface area contributed by atoms with Crippen LogP contribution in [-0.2, 0) is 10.0 Å². The van der Waals surface area contributed by atoms with Gasteiger partial charge in [0, 0.05) is 18.6 Å². The summed E-state index contributed by atoms with van der Waals surface area (Å²) in [4.78, 5) is 13.1. The number of hydrogen-bond acceptors (Lipinski definition) is 7. The van der Waals surface area contributed by atoms with Crippen LogP contribution in [0.25, 0.3) is 21.8 Å². The molecule has 0 amide bonds. The molecule has 0 aliphatic carbocycles. The number of alkyl halides is 3. The first-order valence-corrected chi connectivity index (χ1v) is 11.2. The van der Waals surface area contributed by atoms with Crippen molar-refractivity contribution in [2.24, 2.45) is 0 Å². The van der Waals surface area contributed by atoms with Crippen LogP contribution in [0.1, 0.15) is 0 Å².